The zero-order valence-electron chi connectivity index (χ0n) is 10.1. The van der Waals surface area contributed by atoms with E-state index in [1.165, 1.54) is 6.07 Å². The fourth-order valence-electron chi connectivity index (χ4n) is 2.39. The van der Waals surface area contributed by atoms with Gasteiger partial charge in [-0.05, 0) is 6.07 Å². The number of fused-ring (bicyclic) bond motifs is 2. The maximum absolute atomic E-state index is 12.5. The Labute approximate surface area is 119 Å². The highest BCUT2D eigenvalue weighted by atomic mass is 35.5. The third-order valence-electron chi connectivity index (χ3n) is 3.35. The normalized spacial score (nSPS) is 12.8. The van der Waals surface area contributed by atoms with E-state index in [0.29, 0.717) is 11.8 Å². The van der Waals surface area contributed by atoms with Crippen molar-refractivity contribution in [3.05, 3.63) is 63.2 Å². The number of anilines is 1. The molecule has 0 saturated carbocycles. The molecule has 1 aliphatic carbocycles. The van der Waals surface area contributed by atoms with Gasteiger partial charge in [0, 0.05) is 16.7 Å². The predicted molar refractivity (Wildman–Crippen MR) is 74.6 cm³/mol. The van der Waals surface area contributed by atoms with Gasteiger partial charge >= 0.3 is 0 Å². The summed E-state index contributed by atoms with van der Waals surface area (Å²) in [5, 5.41) is 0.0594. The van der Waals surface area contributed by atoms with Crippen LogP contribution in [0.1, 0.15) is 42.2 Å². The molecule has 0 aromatic heterocycles. The zero-order valence-corrected chi connectivity index (χ0v) is 10.9. The number of nitrogen functional groups attached to an aromatic ring is 1. The number of rotatable bonds is 1. The van der Waals surface area contributed by atoms with Crippen LogP contribution in [-0.2, 0) is 0 Å². The molecule has 0 amide bonds. The molecule has 2 N–H and O–H groups in total. The van der Waals surface area contributed by atoms with E-state index in [2.05, 4.69) is 0 Å². The molecule has 4 nitrogen and oxygen atoms in total. The van der Waals surface area contributed by atoms with Gasteiger partial charge in [0.2, 0.25) is 0 Å². The number of nitrogens with two attached hydrogens (primary N) is 1. The van der Waals surface area contributed by atoms with Crippen LogP contribution < -0.4 is 5.73 Å². The lowest BCUT2D eigenvalue weighted by molar-refractivity contribution is 0.0979. The maximum Gasteiger partial charge on any atom is 0.196 e. The van der Waals surface area contributed by atoms with Gasteiger partial charge in [0.1, 0.15) is 0 Å². The van der Waals surface area contributed by atoms with Crippen molar-refractivity contribution in [2.45, 2.75) is 0 Å². The number of halogens is 1. The highest BCUT2D eigenvalue weighted by molar-refractivity contribution is 6.40. The van der Waals surface area contributed by atoms with E-state index in [4.69, 9.17) is 17.3 Å². The first kappa shape index (κ1) is 12.6. The maximum atomic E-state index is 12.5. The van der Waals surface area contributed by atoms with Crippen molar-refractivity contribution in [2.24, 2.45) is 0 Å². The summed E-state index contributed by atoms with van der Waals surface area (Å²) in [5.41, 5.74) is 6.58. The van der Waals surface area contributed by atoms with E-state index in [-0.39, 0.29) is 38.7 Å². The zero-order chi connectivity index (χ0) is 14.4. The van der Waals surface area contributed by atoms with Crippen molar-refractivity contribution in [1.82, 2.24) is 0 Å². The molecule has 0 atom stereocenters. The fraction of sp³-hybridized carbons (Fsp3) is 0. The van der Waals surface area contributed by atoms with E-state index < -0.39 is 5.78 Å². The molecule has 98 valence electrons. The van der Waals surface area contributed by atoms with Crippen LogP contribution in [-0.4, -0.2) is 17.9 Å². The Morgan fingerprint density at radius 3 is 2.10 bits per heavy atom. The van der Waals surface area contributed by atoms with Gasteiger partial charge in [-0.3, -0.25) is 14.4 Å². The molecule has 0 heterocycles. The number of aldehydes is 1. The molecule has 3 rings (SSSR count). The molecule has 0 radical (unpaired) electrons. The van der Waals surface area contributed by atoms with Crippen LogP contribution in [0.4, 0.5) is 5.69 Å². The fourth-order valence-corrected chi connectivity index (χ4v) is 2.69. The summed E-state index contributed by atoms with van der Waals surface area (Å²) in [4.78, 5) is 35.9. The molecule has 0 fully saturated rings. The van der Waals surface area contributed by atoms with Crippen LogP contribution >= 0.6 is 11.6 Å². The van der Waals surface area contributed by atoms with Crippen molar-refractivity contribution in [3.63, 3.8) is 0 Å². The number of hydrogen-bond donors (Lipinski definition) is 1. The molecule has 5 heteroatoms. The number of benzene rings is 2. The first-order valence-electron chi connectivity index (χ1n) is 5.81. The molecule has 0 bridgehead atoms. The number of carbonyl (C=O) groups is 3. The number of carbonyl (C=O) groups excluding carboxylic acids is 3. The summed E-state index contributed by atoms with van der Waals surface area (Å²) in [5.74, 6) is -0.748. The highest BCUT2D eigenvalue weighted by Crippen LogP contribution is 2.36. The minimum absolute atomic E-state index is 0.00717. The molecule has 2 aromatic rings. The van der Waals surface area contributed by atoms with Crippen LogP contribution in [0.25, 0.3) is 0 Å². The number of hydrogen-bond acceptors (Lipinski definition) is 4. The van der Waals surface area contributed by atoms with Gasteiger partial charge in [0.25, 0.3) is 0 Å². The molecule has 0 saturated heterocycles. The van der Waals surface area contributed by atoms with E-state index in [1.54, 1.807) is 24.3 Å². The third-order valence-corrected chi connectivity index (χ3v) is 3.65. The van der Waals surface area contributed by atoms with Gasteiger partial charge in [-0.25, -0.2) is 0 Å². The van der Waals surface area contributed by atoms with Crippen molar-refractivity contribution >= 4 is 35.1 Å². The lowest BCUT2D eigenvalue weighted by Gasteiger charge is -2.20. The van der Waals surface area contributed by atoms with E-state index in [1.807, 2.05) is 0 Å². The summed E-state index contributed by atoms with van der Waals surface area (Å²) >= 11 is 6.04. The molecule has 0 aliphatic heterocycles. The minimum atomic E-state index is -0.390. The summed E-state index contributed by atoms with van der Waals surface area (Å²) in [6.07, 6.45) is 0.514. The Balaban J connectivity index is 2.42. The highest BCUT2D eigenvalue weighted by Gasteiger charge is 2.33. The lowest BCUT2D eigenvalue weighted by Crippen LogP contribution is -2.23. The van der Waals surface area contributed by atoms with Gasteiger partial charge in [-0.2, -0.15) is 0 Å². The van der Waals surface area contributed by atoms with Crippen molar-refractivity contribution in [1.29, 1.82) is 0 Å². The average Bonchev–Trinajstić information content (AvgIpc) is 2.46. The van der Waals surface area contributed by atoms with Crippen molar-refractivity contribution in [2.75, 3.05) is 5.73 Å². The molecule has 1 aliphatic rings. The van der Waals surface area contributed by atoms with Crippen molar-refractivity contribution in [3.8, 4) is 0 Å². The van der Waals surface area contributed by atoms with Crippen LogP contribution in [0.3, 0.4) is 0 Å². The van der Waals surface area contributed by atoms with Gasteiger partial charge in [-0.15, -0.1) is 0 Å². The van der Waals surface area contributed by atoms with Crippen LogP contribution in [0.15, 0.2) is 30.3 Å². The lowest BCUT2D eigenvalue weighted by atomic mass is 9.82. The molecule has 0 unspecified atom stereocenters. The van der Waals surface area contributed by atoms with Gasteiger partial charge in [0.15, 0.2) is 17.9 Å². The molecular weight excluding hydrogens is 278 g/mol. The second-order valence-corrected chi connectivity index (χ2v) is 4.84. The first-order valence-corrected chi connectivity index (χ1v) is 6.19. The third kappa shape index (κ3) is 1.52. The van der Waals surface area contributed by atoms with Gasteiger partial charge in [-0.1, -0.05) is 35.9 Å². The van der Waals surface area contributed by atoms with Crippen LogP contribution in [0.5, 0.6) is 0 Å². The Morgan fingerprint density at radius 1 is 1.00 bits per heavy atom. The smallest absolute Gasteiger partial charge is 0.196 e. The van der Waals surface area contributed by atoms with Gasteiger partial charge in [0.05, 0.1) is 21.8 Å². The predicted octanol–water partition coefficient (Wildman–Crippen LogP) is 2.51. The summed E-state index contributed by atoms with van der Waals surface area (Å²) < 4.78 is 0. The van der Waals surface area contributed by atoms with Crippen molar-refractivity contribution < 1.29 is 14.4 Å². The van der Waals surface area contributed by atoms with Crippen LogP contribution in [0.2, 0.25) is 5.02 Å². The van der Waals surface area contributed by atoms with Gasteiger partial charge < -0.3 is 5.73 Å². The second kappa shape index (κ2) is 4.28. The molecule has 2 aromatic carbocycles. The second-order valence-electron chi connectivity index (χ2n) is 4.43. The van der Waals surface area contributed by atoms with Crippen LogP contribution in [0, 0.1) is 0 Å². The Bertz CT molecular complexity index is 796. The summed E-state index contributed by atoms with van der Waals surface area (Å²) in [6.45, 7) is 0. The topological polar surface area (TPSA) is 77.2 Å². The summed E-state index contributed by atoms with van der Waals surface area (Å²) in [6, 6.07) is 7.77. The first-order chi connectivity index (χ1) is 9.56. The Kier molecular flexibility index (Phi) is 2.69. The quantitative estimate of drug-likeness (QED) is 0.550. The molecule has 0 spiro atoms. The van der Waals surface area contributed by atoms with E-state index in [9.17, 15) is 14.4 Å². The standard InChI is InChI=1S/C15H8ClNO3/c16-10-5-7(6-18)13(17)12-11(10)14(19)8-3-1-2-4-9(8)15(12)20/h1-6H,17H2. The Morgan fingerprint density at radius 2 is 1.55 bits per heavy atom. The average molecular weight is 286 g/mol. The molecule has 20 heavy (non-hydrogen) atoms. The summed E-state index contributed by atoms with van der Waals surface area (Å²) in [7, 11) is 0. The monoisotopic (exact) mass is 285 g/mol. The largest absolute Gasteiger partial charge is 0.398 e. The van der Waals surface area contributed by atoms with E-state index >= 15 is 0 Å². The minimum Gasteiger partial charge on any atom is -0.398 e. The Hall–Kier alpha value is -2.46. The molecular formula is C15H8ClNO3. The number of ketones is 2. The van der Waals surface area contributed by atoms with E-state index in [0.717, 1.165) is 0 Å². The SMILES string of the molecule is Nc1c(C=O)cc(Cl)c2c1C(=O)c1ccccc1C2=O.